The highest BCUT2D eigenvalue weighted by Crippen LogP contribution is 2.35. The molecule has 98 valence electrons. The molecule has 0 aliphatic carbocycles. The van der Waals surface area contributed by atoms with E-state index in [2.05, 4.69) is 25.6 Å². The number of hydrogen-bond donors (Lipinski definition) is 3. The molecule has 3 rings (SSSR count). The molecule has 3 heterocycles. The number of nitrogens with one attached hydrogen (secondary N) is 1. The highest BCUT2D eigenvalue weighted by molar-refractivity contribution is 7.60. The fourth-order valence-corrected chi connectivity index (χ4v) is 2.61. The van der Waals surface area contributed by atoms with Crippen molar-refractivity contribution < 1.29 is 14.4 Å². The largest absolute Gasteiger partial charge is 0.374 e. The summed E-state index contributed by atoms with van der Waals surface area (Å²) in [6.45, 7) is 0. The molecule has 0 saturated carbocycles. The van der Waals surface area contributed by atoms with Crippen molar-refractivity contribution in [3.63, 3.8) is 0 Å². The zero-order chi connectivity index (χ0) is 13.6. The lowest BCUT2D eigenvalue weighted by atomic mass is 10.3. The van der Waals surface area contributed by atoms with Crippen LogP contribution in [-0.4, -0.2) is 39.8 Å². The summed E-state index contributed by atoms with van der Waals surface area (Å²) in [5, 5.41) is 13.4. The second-order valence-corrected chi connectivity index (χ2v) is 5.57. The van der Waals surface area contributed by atoms with E-state index in [0.717, 1.165) is 6.20 Å². The van der Waals surface area contributed by atoms with Gasteiger partial charge in [0.1, 0.15) is 11.3 Å². The average Bonchev–Trinajstić information content (AvgIpc) is 2.94. The van der Waals surface area contributed by atoms with Crippen LogP contribution in [0.2, 0.25) is 5.02 Å². The first-order chi connectivity index (χ1) is 8.98. The summed E-state index contributed by atoms with van der Waals surface area (Å²) < 4.78 is 12.7. The van der Waals surface area contributed by atoms with Crippen LogP contribution in [0.15, 0.2) is 18.3 Å². The fourth-order valence-electron chi connectivity index (χ4n) is 1.71. The number of nitrogens with zero attached hydrogens (tertiary/aromatic N) is 5. The second kappa shape index (κ2) is 4.10. The van der Waals surface area contributed by atoms with E-state index in [1.54, 1.807) is 6.07 Å². The highest BCUT2D eigenvalue weighted by atomic mass is 35.5. The predicted molar refractivity (Wildman–Crippen MR) is 65.1 cm³/mol. The summed E-state index contributed by atoms with van der Waals surface area (Å²) in [5.41, 5.74) is 0.246. The van der Waals surface area contributed by atoms with Gasteiger partial charge in [0.15, 0.2) is 5.44 Å². The van der Waals surface area contributed by atoms with Gasteiger partial charge in [-0.25, -0.2) is 4.98 Å². The summed E-state index contributed by atoms with van der Waals surface area (Å²) in [5.74, 6) is 0.114. The Hall–Kier alpha value is -1.80. The molecule has 0 spiro atoms. The van der Waals surface area contributed by atoms with Gasteiger partial charge in [-0.3, -0.25) is 8.97 Å². The van der Waals surface area contributed by atoms with Crippen LogP contribution >= 0.6 is 19.2 Å². The van der Waals surface area contributed by atoms with Crippen LogP contribution in [0.3, 0.4) is 0 Å². The van der Waals surface area contributed by atoms with Crippen molar-refractivity contribution in [2.45, 2.75) is 0 Å². The molecule has 11 heteroatoms. The number of rotatable bonds is 2. The van der Waals surface area contributed by atoms with Gasteiger partial charge in [-0.1, -0.05) is 11.6 Å². The molecule has 19 heavy (non-hydrogen) atoms. The normalized spacial score (nSPS) is 12.2. The number of aromatic nitrogens is 6. The van der Waals surface area contributed by atoms with Gasteiger partial charge in [0, 0.05) is 0 Å². The van der Waals surface area contributed by atoms with E-state index >= 15 is 0 Å². The molecule has 0 aliphatic rings. The molecule has 3 N–H and O–H groups in total. The quantitative estimate of drug-likeness (QED) is 0.567. The van der Waals surface area contributed by atoms with E-state index in [1.807, 2.05) is 0 Å². The van der Waals surface area contributed by atoms with Gasteiger partial charge in [0.05, 0.1) is 11.2 Å². The third-order valence-corrected chi connectivity index (χ3v) is 3.67. The maximum Gasteiger partial charge on any atom is 0.374 e. The van der Waals surface area contributed by atoms with E-state index in [-0.39, 0.29) is 22.0 Å². The van der Waals surface area contributed by atoms with Crippen LogP contribution in [-0.2, 0) is 4.57 Å². The Morgan fingerprint density at radius 1 is 1.37 bits per heavy atom. The number of imidazole rings is 1. The van der Waals surface area contributed by atoms with Crippen LogP contribution in [0.5, 0.6) is 0 Å². The van der Waals surface area contributed by atoms with Crippen molar-refractivity contribution >= 4 is 30.3 Å². The van der Waals surface area contributed by atoms with Crippen LogP contribution in [0.1, 0.15) is 0 Å². The Morgan fingerprint density at radius 2 is 2.16 bits per heavy atom. The lowest BCUT2D eigenvalue weighted by Gasteiger charge is -2.08. The predicted octanol–water partition coefficient (Wildman–Crippen LogP) is -0.0292. The molecule has 0 bridgehead atoms. The van der Waals surface area contributed by atoms with Crippen LogP contribution < -0.4 is 5.44 Å². The molecule has 3 aromatic heterocycles. The molecule has 0 atom stereocenters. The number of H-pyrrole nitrogens is 1. The third kappa shape index (κ3) is 1.92. The van der Waals surface area contributed by atoms with E-state index in [0.29, 0.717) is 5.65 Å². The molecule has 9 nitrogen and oxygen atoms in total. The molecule has 3 aromatic rings. The molecule has 0 fully saturated rings. The zero-order valence-electron chi connectivity index (χ0n) is 9.10. The molecule has 0 aromatic carbocycles. The van der Waals surface area contributed by atoms with Gasteiger partial charge >= 0.3 is 7.60 Å². The molecular formula is C8H6ClN6O3P. The topological polar surface area (TPSA) is 129 Å². The van der Waals surface area contributed by atoms with Crippen molar-refractivity contribution in [1.82, 2.24) is 30.0 Å². The molecule has 0 saturated heterocycles. The maximum atomic E-state index is 11.5. The third-order valence-electron chi connectivity index (χ3n) is 2.45. The Kier molecular flexibility index (Phi) is 2.64. The second-order valence-electron chi connectivity index (χ2n) is 3.62. The lowest BCUT2D eigenvalue weighted by Crippen LogP contribution is -2.13. The number of fused-ring (bicyclic) bond motifs is 1. The first-order valence-electron chi connectivity index (χ1n) is 4.94. The minimum atomic E-state index is -4.51. The van der Waals surface area contributed by atoms with Gasteiger partial charge in [-0.2, -0.15) is 5.21 Å². The van der Waals surface area contributed by atoms with E-state index in [4.69, 9.17) is 11.6 Å². The summed E-state index contributed by atoms with van der Waals surface area (Å²) in [4.78, 5) is 22.6. The monoisotopic (exact) mass is 300 g/mol. The van der Waals surface area contributed by atoms with Gasteiger partial charge in [-0.05, 0) is 17.3 Å². The molecule has 0 radical (unpaired) electrons. The van der Waals surface area contributed by atoms with Gasteiger partial charge in [0.2, 0.25) is 5.82 Å². The van der Waals surface area contributed by atoms with Gasteiger partial charge < -0.3 is 9.79 Å². The van der Waals surface area contributed by atoms with Crippen molar-refractivity contribution in [1.29, 1.82) is 0 Å². The van der Waals surface area contributed by atoms with Crippen molar-refractivity contribution in [3.05, 3.63) is 23.4 Å². The Labute approximate surface area is 110 Å². The summed E-state index contributed by atoms with van der Waals surface area (Å²) in [6.07, 6.45) is 1.09. The number of pyridine rings is 1. The van der Waals surface area contributed by atoms with Gasteiger partial charge in [-0.15, -0.1) is 10.2 Å². The first kappa shape index (κ1) is 12.2. The molecule has 0 aliphatic heterocycles. The highest BCUT2D eigenvalue weighted by Gasteiger charge is 2.26. The maximum absolute atomic E-state index is 11.5. The Morgan fingerprint density at radius 3 is 2.79 bits per heavy atom. The lowest BCUT2D eigenvalue weighted by molar-refractivity contribution is 0.386. The van der Waals surface area contributed by atoms with Crippen molar-refractivity contribution in [3.8, 4) is 11.5 Å². The molecule has 0 unspecified atom stereocenters. The fraction of sp³-hybridized carbons (Fsp3) is 0. The Balaban J connectivity index is 2.46. The van der Waals surface area contributed by atoms with Crippen LogP contribution in [0.25, 0.3) is 17.2 Å². The first-order valence-corrected chi connectivity index (χ1v) is 6.93. The van der Waals surface area contributed by atoms with E-state index < -0.39 is 7.60 Å². The molecule has 0 amide bonds. The summed E-state index contributed by atoms with van der Waals surface area (Å²) >= 11 is 6.05. The number of aromatic amines is 1. The standard InChI is InChI=1S/C8H6ClN6O3P/c9-4-1-2-5-10-3-6(19(16,17)18)15(5)7(4)8-11-13-14-12-8/h1-3H,(H2,16,17,18)(H,11,12,13,14). The number of tetrazole rings is 1. The Bertz CT molecular complexity index is 794. The van der Waals surface area contributed by atoms with Crippen LogP contribution in [0.4, 0.5) is 0 Å². The summed E-state index contributed by atoms with van der Waals surface area (Å²) in [7, 11) is -4.51. The van der Waals surface area contributed by atoms with E-state index in [9.17, 15) is 14.4 Å². The minimum Gasteiger partial charge on any atom is -0.320 e. The number of halogens is 1. The van der Waals surface area contributed by atoms with Crippen LogP contribution in [0, 0.1) is 0 Å². The van der Waals surface area contributed by atoms with Crippen molar-refractivity contribution in [2.75, 3.05) is 0 Å². The molecular weight excluding hydrogens is 295 g/mol. The van der Waals surface area contributed by atoms with E-state index in [1.165, 1.54) is 10.5 Å². The van der Waals surface area contributed by atoms with Gasteiger partial charge in [0.25, 0.3) is 0 Å². The minimum absolute atomic E-state index is 0.114. The zero-order valence-corrected chi connectivity index (χ0v) is 10.7. The SMILES string of the molecule is O=P(O)(O)c1cnc2ccc(Cl)c(-c3nn[nH]n3)n12. The number of hydrogen-bond acceptors (Lipinski definition) is 5. The average molecular weight is 301 g/mol. The summed E-state index contributed by atoms with van der Waals surface area (Å²) in [6, 6.07) is 3.07. The van der Waals surface area contributed by atoms with Crippen molar-refractivity contribution in [2.24, 2.45) is 0 Å². The smallest absolute Gasteiger partial charge is 0.320 e.